The van der Waals surface area contributed by atoms with Crippen LogP contribution in [0.3, 0.4) is 0 Å². The third kappa shape index (κ3) is 2.73. The van der Waals surface area contributed by atoms with Gasteiger partial charge < -0.3 is 4.74 Å². The number of hydrogen-bond donors (Lipinski definition) is 0. The quantitative estimate of drug-likeness (QED) is 0.644. The zero-order valence-corrected chi connectivity index (χ0v) is 11.5. The van der Waals surface area contributed by atoms with Crippen molar-refractivity contribution >= 4 is 33.2 Å². The second-order valence-electron chi connectivity index (χ2n) is 3.33. The van der Waals surface area contributed by atoms with Gasteiger partial charge in [-0.1, -0.05) is 46.3 Å². The lowest BCUT2D eigenvalue weighted by Crippen LogP contribution is -2.08. The predicted octanol–water partition coefficient (Wildman–Crippen LogP) is 3.42. The summed E-state index contributed by atoms with van der Waals surface area (Å²) in [4.78, 5) is 15.3. The van der Waals surface area contributed by atoms with Crippen molar-refractivity contribution in [2.75, 3.05) is 7.11 Å². The molecular formula is C12H10BrNO2S. The second kappa shape index (κ2) is 5.42. The fourth-order valence-corrected chi connectivity index (χ4v) is 2.79. The molecule has 1 heterocycles. The highest BCUT2D eigenvalue weighted by atomic mass is 79.9. The molecule has 1 aromatic heterocycles. The molecular weight excluding hydrogens is 302 g/mol. The molecule has 1 atom stereocenters. The van der Waals surface area contributed by atoms with Gasteiger partial charge in [-0.2, -0.15) is 0 Å². The molecule has 0 saturated heterocycles. The van der Waals surface area contributed by atoms with E-state index in [-0.39, 0.29) is 5.97 Å². The van der Waals surface area contributed by atoms with Gasteiger partial charge in [-0.3, -0.25) is 4.79 Å². The summed E-state index contributed by atoms with van der Waals surface area (Å²) in [6.45, 7) is 0. The number of aromatic nitrogens is 1. The largest absolute Gasteiger partial charge is 0.468 e. The minimum absolute atomic E-state index is 0.338. The maximum Gasteiger partial charge on any atom is 0.325 e. The third-order valence-corrected chi connectivity index (χ3v) is 3.96. The van der Waals surface area contributed by atoms with Gasteiger partial charge in [0.05, 0.1) is 12.8 Å². The van der Waals surface area contributed by atoms with Crippen LogP contribution in [0, 0.1) is 0 Å². The van der Waals surface area contributed by atoms with Crippen molar-refractivity contribution < 1.29 is 9.53 Å². The predicted molar refractivity (Wildman–Crippen MR) is 71.2 cm³/mol. The van der Waals surface area contributed by atoms with Crippen LogP contribution in [0.1, 0.15) is 10.5 Å². The van der Waals surface area contributed by atoms with Gasteiger partial charge in [0.1, 0.15) is 5.01 Å². The number of nitrogens with zero attached hydrogens (tertiary/aromatic N) is 1. The number of ether oxygens (including phenoxy) is 1. The molecule has 17 heavy (non-hydrogen) atoms. The normalized spacial score (nSPS) is 12.1. The summed E-state index contributed by atoms with van der Waals surface area (Å²) in [6.07, 6.45) is 0. The van der Waals surface area contributed by atoms with Crippen molar-refractivity contribution in [2.24, 2.45) is 0 Å². The van der Waals surface area contributed by atoms with E-state index in [1.165, 1.54) is 18.4 Å². The number of halogens is 1. The molecule has 1 aromatic carbocycles. The van der Waals surface area contributed by atoms with Gasteiger partial charge in [0, 0.05) is 10.9 Å². The van der Waals surface area contributed by atoms with Crippen LogP contribution in [0.4, 0.5) is 0 Å². The highest BCUT2D eigenvalue weighted by molar-refractivity contribution is 9.09. The van der Waals surface area contributed by atoms with Crippen molar-refractivity contribution in [2.45, 2.75) is 4.83 Å². The van der Waals surface area contributed by atoms with Crippen molar-refractivity contribution in [1.29, 1.82) is 0 Å². The van der Waals surface area contributed by atoms with Crippen LogP contribution in [-0.2, 0) is 9.53 Å². The number of thiazole rings is 1. The fraction of sp³-hybridized carbons (Fsp3) is 0.167. The number of alkyl halides is 1. The fourth-order valence-electron chi connectivity index (χ4n) is 1.34. The van der Waals surface area contributed by atoms with E-state index in [1.807, 2.05) is 35.7 Å². The standard InChI is InChI=1S/C12H10BrNO2S/c1-16-12(15)10(13)9-7-17-11(14-9)8-5-3-2-4-6-8/h2-7,10H,1H3. The van der Waals surface area contributed by atoms with E-state index >= 15 is 0 Å². The van der Waals surface area contributed by atoms with Crippen molar-refractivity contribution in [3.63, 3.8) is 0 Å². The maximum absolute atomic E-state index is 11.4. The summed E-state index contributed by atoms with van der Waals surface area (Å²) in [7, 11) is 1.36. The van der Waals surface area contributed by atoms with E-state index in [9.17, 15) is 4.79 Å². The van der Waals surface area contributed by atoms with Crippen LogP contribution < -0.4 is 0 Å². The van der Waals surface area contributed by atoms with E-state index in [1.54, 1.807) is 0 Å². The molecule has 0 fully saturated rings. The Bertz CT molecular complexity index is 512. The van der Waals surface area contributed by atoms with Gasteiger partial charge in [0.15, 0.2) is 4.83 Å². The molecule has 0 spiro atoms. The van der Waals surface area contributed by atoms with Crippen molar-refractivity contribution in [3.8, 4) is 10.6 Å². The van der Waals surface area contributed by atoms with Crippen molar-refractivity contribution in [3.05, 3.63) is 41.4 Å². The molecule has 0 aliphatic carbocycles. The van der Waals surface area contributed by atoms with Gasteiger partial charge in [0.25, 0.3) is 0 Å². The third-order valence-electron chi connectivity index (χ3n) is 2.21. The second-order valence-corrected chi connectivity index (χ2v) is 5.10. The molecule has 0 saturated carbocycles. The van der Waals surface area contributed by atoms with E-state index in [0.717, 1.165) is 10.6 Å². The van der Waals surface area contributed by atoms with Crippen LogP contribution in [0.2, 0.25) is 0 Å². The number of esters is 1. The number of benzene rings is 1. The Morgan fingerprint density at radius 3 is 2.76 bits per heavy atom. The van der Waals surface area contributed by atoms with Crippen LogP contribution in [0.25, 0.3) is 10.6 Å². The molecule has 3 nitrogen and oxygen atoms in total. The van der Waals surface area contributed by atoms with Crippen LogP contribution >= 0.6 is 27.3 Å². The molecule has 2 aromatic rings. The molecule has 0 bridgehead atoms. The first kappa shape index (κ1) is 12.3. The van der Waals surface area contributed by atoms with Gasteiger partial charge in [-0.15, -0.1) is 11.3 Å². The molecule has 0 radical (unpaired) electrons. The SMILES string of the molecule is COC(=O)C(Br)c1csc(-c2ccccc2)n1. The topological polar surface area (TPSA) is 39.2 Å². The summed E-state index contributed by atoms with van der Waals surface area (Å²) in [6, 6.07) is 9.86. The van der Waals surface area contributed by atoms with E-state index in [0.29, 0.717) is 5.69 Å². The Hall–Kier alpha value is -1.20. The van der Waals surface area contributed by atoms with E-state index in [4.69, 9.17) is 0 Å². The Morgan fingerprint density at radius 2 is 2.12 bits per heavy atom. The highest BCUT2D eigenvalue weighted by Gasteiger charge is 2.20. The molecule has 1 unspecified atom stereocenters. The molecule has 0 aliphatic rings. The summed E-state index contributed by atoms with van der Waals surface area (Å²) in [5.41, 5.74) is 1.73. The summed E-state index contributed by atoms with van der Waals surface area (Å²) in [5, 5.41) is 2.76. The van der Waals surface area contributed by atoms with Gasteiger partial charge in [-0.25, -0.2) is 4.98 Å². The van der Waals surface area contributed by atoms with Gasteiger partial charge in [-0.05, 0) is 0 Å². The Labute approximate surface area is 112 Å². The van der Waals surface area contributed by atoms with E-state index in [2.05, 4.69) is 25.7 Å². The Balaban J connectivity index is 2.25. The molecule has 5 heteroatoms. The summed E-state index contributed by atoms with van der Waals surface area (Å²) < 4.78 is 4.66. The molecule has 0 aliphatic heterocycles. The molecule has 0 amide bonds. The highest BCUT2D eigenvalue weighted by Crippen LogP contribution is 2.30. The number of methoxy groups -OCH3 is 1. The lowest BCUT2D eigenvalue weighted by molar-refractivity contribution is -0.139. The number of rotatable bonds is 3. The van der Waals surface area contributed by atoms with Crippen molar-refractivity contribution in [1.82, 2.24) is 4.98 Å². The van der Waals surface area contributed by atoms with Crippen LogP contribution in [-0.4, -0.2) is 18.1 Å². The number of carbonyl (C=O) groups excluding carboxylic acids is 1. The monoisotopic (exact) mass is 311 g/mol. The minimum atomic E-state index is -0.499. The van der Waals surface area contributed by atoms with Gasteiger partial charge in [0.2, 0.25) is 0 Å². The molecule has 0 N–H and O–H groups in total. The zero-order valence-electron chi connectivity index (χ0n) is 9.09. The lowest BCUT2D eigenvalue weighted by atomic mass is 10.2. The summed E-state index contributed by atoms with van der Waals surface area (Å²) >= 11 is 4.78. The lowest BCUT2D eigenvalue weighted by Gasteiger charge is -2.03. The first-order valence-corrected chi connectivity index (χ1v) is 6.74. The smallest absolute Gasteiger partial charge is 0.325 e. The Kier molecular flexibility index (Phi) is 3.91. The average molecular weight is 312 g/mol. The molecule has 2 rings (SSSR count). The summed E-state index contributed by atoms with van der Waals surface area (Å²) in [5.74, 6) is -0.338. The molecule has 88 valence electrons. The van der Waals surface area contributed by atoms with Crippen LogP contribution in [0.5, 0.6) is 0 Å². The zero-order chi connectivity index (χ0) is 12.3. The average Bonchev–Trinajstić information content (AvgIpc) is 2.87. The first-order chi connectivity index (χ1) is 8.22. The number of hydrogen-bond acceptors (Lipinski definition) is 4. The first-order valence-electron chi connectivity index (χ1n) is 4.95. The van der Waals surface area contributed by atoms with Gasteiger partial charge >= 0.3 is 5.97 Å². The Morgan fingerprint density at radius 1 is 1.41 bits per heavy atom. The van der Waals surface area contributed by atoms with Crippen LogP contribution in [0.15, 0.2) is 35.7 Å². The van der Waals surface area contributed by atoms with E-state index < -0.39 is 4.83 Å². The minimum Gasteiger partial charge on any atom is -0.468 e. The maximum atomic E-state index is 11.4. The number of carbonyl (C=O) groups is 1.